The first-order valence-corrected chi connectivity index (χ1v) is 11.6. The molecule has 0 bridgehead atoms. The third kappa shape index (κ3) is 7.21. The number of nitrogens with one attached hydrogen (secondary N) is 1. The van der Waals surface area contributed by atoms with Gasteiger partial charge in [-0.1, -0.05) is 48.9 Å². The lowest BCUT2D eigenvalue weighted by atomic mass is 10.1. The summed E-state index contributed by atoms with van der Waals surface area (Å²) in [6, 6.07) is 15.9. The fourth-order valence-electron chi connectivity index (χ4n) is 3.05. The summed E-state index contributed by atoms with van der Waals surface area (Å²) in [5, 5.41) is 3.01. The number of amides is 2. The van der Waals surface area contributed by atoms with E-state index in [9.17, 15) is 9.59 Å². The molecule has 2 rings (SSSR count). The van der Waals surface area contributed by atoms with Crippen molar-refractivity contribution >= 4 is 23.6 Å². The number of carbonyl (C=O) groups is 2. The van der Waals surface area contributed by atoms with Gasteiger partial charge in [0.05, 0.1) is 0 Å². The van der Waals surface area contributed by atoms with E-state index in [2.05, 4.69) is 36.5 Å². The minimum atomic E-state index is -0.518. The van der Waals surface area contributed by atoms with Gasteiger partial charge in [0, 0.05) is 29.7 Å². The highest BCUT2D eigenvalue weighted by atomic mass is 32.2. The van der Waals surface area contributed by atoms with Crippen LogP contribution < -0.4 is 5.32 Å². The minimum absolute atomic E-state index is 0.00432. The predicted octanol–water partition coefficient (Wildman–Crippen LogP) is 5.12. The van der Waals surface area contributed by atoms with Crippen LogP contribution in [-0.4, -0.2) is 34.6 Å². The van der Waals surface area contributed by atoms with Crippen molar-refractivity contribution in [2.75, 3.05) is 5.75 Å². The van der Waals surface area contributed by atoms with Crippen LogP contribution in [0.5, 0.6) is 0 Å². The molecule has 2 amide bonds. The molecule has 0 saturated carbocycles. The third-order valence-electron chi connectivity index (χ3n) is 5.38. The van der Waals surface area contributed by atoms with Gasteiger partial charge in [-0.3, -0.25) is 9.59 Å². The highest BCUT2D eigenvalue weighted by Crippen LogP contribution is 2.21. The molecule has 0 unspecified atom stereocenters. The number of carbonyl (C=O) groups excluding carboxylic acids is 2. The quantitative estimate of drug-likeness (QED) is 0.537. The van der Waals surface area contributed by atoms with Gasteiger partial charge < -0.3 is 10.2 Å². The summed E-state index contributed by atoms with van der Waals surface area (Å²) in [7, 11) is 0. The smallest absolute Gasteiger partial charge is 0.242 e. The molecule has 2 atom stereocenters. The fraction of sp³-hybridized carbons (Fsp3) is 0.440. The van der Waals surface area contributed by atoms with Crippen LogP contribution in [0.25, 0.3) is 0 Å². The van der Waals surface area contributed by atoms with Crippen LogP contribution in [0.3, 0.4) is 0 Å². The third-order valence-corrected chi connectivity index (χ3v) is 6.39. The molecule has 0 aromatic heterocycles. The first kappa shape index (κ1) is 24.0. The van der Waals surface area contributed by atoms with Crippen LogP contribution in [0.4, 0.5) is 0 Å². The Morgan fingerprint density at radius 1 is 1.03 bits per heavy atom. The first-order valence-electron chi connectivity index (χ1n) is 10.7. The monoisotopic (exact) mass is 426 g/mol. The lowest BCUT2D eigenvalue weighted by Gasteiger charge is -2.30. The van der Waals surface area contributed by atoms with Crippen LogP contribution >= 0.6 is 11.8 Å². The molecule has 0 spiro atoms. The Morgan fingerprint density at radius 2 is 1.70 bits per heavy atom. The first-order chi connectivity index (χ1) is 14.3. The largest absolute Gasteiger partial charge is 0.352 e. The Kier molecular flexibility index (Phi) is 9.44. The summed E-state index contributed by atoms with van der Waals surface area (Å²) in [6.07, 6.45) is 1.25. The van der Waals surface area contributed by atoms with Crippen LogP contribution in [0.1, 0.15) is 50.3 Å². The molecule has 2 aromatic rings. The lowest BCUT2D eigenvalue weighted by Crippen LogP contribution is -2.49. The molecule has 4 nitrogen and oxygen atoms in total. The van der Waals surface area contributed by atoms with Crippen molar-refractivity contribution < 1.29 is 9.59 Å². The Hall–Kier alpha value is -2.27. The molecule has 2 aromatic carbocycles. The van der Waals surface area contributed by atoms with Crippen molar-refractivity contribution in [1.82, 2.24) is 10.2 Å². The summed E-state index contributed by atoms with van der Waals surface area (Å²) in [4.78, 5) is 28.8. The average Bonchev–Trinajstić information content (AvgIpc) is 2.73. The minimum Gasteiger partial charge on any atom is -0.352 e. The van der Waals surface area contributed by atoms with Crippen molar-refractivity contribution in [2.24, 2.45) is 0 Å². The Bertz CT molecular complexity index is 835. The maximum absolute atomic E-state index is 13.1. The summed E-state index contributed by atoms with van der Waals surface area (Å²) < 4.78 is 0. The van der Waals surface area contributed by atoms with Crippen molar-refractivity contribution in [3.8, 4) is 0 Å². The topological polar surface area (TPSA) is 49.4 Å². The van der Waals surface area contributed by atoms with Crippen molar-refractivity contribution in [2.45, 2.75) is 71.0 Å². The SMILES string of the molecule is CC[C@@H](C)NC(=O)[C@H](C)N(Cc1ccccc1C)C(=O)CCSc1ccc(C)cc1. The second-order valence-electron chi connectivity index (χ2n) is 7.85. The van der Waals surface area contributed by atoms with Gasteiger partial charge in [-0.05, 0) is 57.4 Å². The second kappa shape index (κ2) is 11.8. The molecule has 0 aliphatic rings. The van der Waals surface area contributed by atoms with Crippen molar-refractivity contribution in [1.29, 1.82) is 0 Å². The van der Waals surface area contributed by atoms with E-state index in [0.717, 1.165) is 22.4 Å². The van der Waals surface area contributed by atoms with E-state index in [1.165, 1.54) is 5.56 Å². The molecule has 30 heavy (non-hydrogen) atoms. The van der Waals surface area contributed by atoms with Gasteiger partial charge in [0.1, 0.15) is 6.04 Å². The fourth-order valence-corrected chi connectivity index (χ4v) is 3.89. The van der Waals surface area contributed by atoms with Gasteiger partial charge in [0.25, 0.3) is 0 Å². The van der Waals surface area contributed by atoms with Crippen molar-refractivity contribution in [3.63, 3.8) is 0 Å². The molecule has 0 saturated heterocycles. The zero-order chi connectivity index (χ0) is 22.1. The number of aryl methyl sites for hydroxylation is 2. The van der Waals surface area contributed by atoms with Crippen molar-refractivity contribution in [3.05, 3.63) is 65.2 Å². The normalized spacial score (nSPS) is 12.8. The van der Waals surface area contributed by atoms with Gasteiger partial charge in [0.15, 0.2) is 0 Å². The maximum atomic E-state index is 13.1. The average molecular weight is 427 g/mol. The molecule has 162 valence electrons. The van der Waals surface area contributed by atoms with E-state index < -0.39 is 6.04 Å². The summed E-state index contributed by atoms with van der Waals surface area (Å²) >= 11 is 1.67. The molecule has 1 N–H and O–H groups in total. The molecule has 0 radical (unpaired) electrons. The molecule has 0 aliphatic carbocycles. The Balaban J connectivity index is 2.08. The molecule has 0 fully saturated rings. The highest BCUT2D eigenvalue weighted by Gasteiger charge is 2.26. The van der Waals surface area contributed by atoms with Gasteiger partial charge >= 0.3 is 0 Å². The van der Waals surface area contributed by atoms with E-state index in [-0.39, 0.29) is 17.9 Å². The molecule has 5 heteroatoms. The highest BCUT2D eigenvalue weighted by molar-refractivity contribution is 7.99. The standard InChI is InChI=1S/C25H34N2O2S/c1-6-20(4)26-25(29)21(5)27(17-22-10-8-7-9-19(22)3)24(28)15-16-30-23-13-11-18(2)12-14-23/h7-14,20-21H,6,15-17H2,1-5H3,(H,26,29)/t20-,21+/m1/s1. The van der Waals surface area contributed by atoms with Crippen LogP contribution in [0, 0.1) is 13.8 Å². The molecule has 0 heterocycles. The zero-order valence-corrected chi connectivity index (χ0v) is 19.6. The van der Waals surface area contributed by atoms with E-state index >= 15 is 0 Å². The van der Waals surface area contributed by atoms with E-state index in [4.69, 9.17) is 0 Å². The summed E-state index contributed by atoms with van der Waals surface area (Å²) in [5.74, 6) is 0.591. The van der Waals surface area contributed by atoms with Crippen LogP contribution in [0.2, 0.25) is 0 Å². The number of benzene rings is 2. The van der Waals surface area contributed by atoms with E-state index in [0.29, 0.717) is 18.7 Å². The molecular weight excluding hydrogens is 392 g/mol. The van der Waals surface area contributed by atoms with Crippen LogP contribution in [0.15, 0.2) is 53.4 Å². The number of hydrogen-bond acceptors (Lipinski definition) is 3. The summed E-state index contributed by atoms with van der Waals surface area (Å²) in [6.45, 7) is 10.4. The van der Waals surface area contributed by atoms with Crippen LogP contribution in [-0.2, 0) is 16.1 Å². The summed E-state index contributed by atoms with van der Waals surface area (Å²) in [5.41, 5.74) is 3.42. The van der Waals surface area contributed by atoms with E-state index in [1.807, 2.05) is 52.0 Å². The zero-order valence-electron chi connectivity index (χ0n) is 18.8. The maximum Gasteiger partial charge on any atom is 0.242 e. The Morgan fingerprint density at radius 3 is 2.33 bits per heavy atom. The Labute approximate surface area is 185 Å². The van der Waals surface area contributed by atoms with E-state index in [1.54, 1.807) is 16.7 Å². The number of hydrogen-bond donors (Lipinski definition) is 1. The number of thioether (sulfide) groups is 1. The van der Waals surface area contributed by atoms with Gasteiger partial charge in [-0.25, -0.2) is 0 Å². The predicted molar refractivity (Wildman–Crippen MR) is 126 cm³/mol. The number of rotatable bonds is 10. The molecule has 0 aliphatic heterocycles. The second-order valence-corrected chi connectivity index (χ2v) is 9.02. The van der Waals surface area contributed by atoms with Gasteiger partial charge in [-0.15, -0.1) is 11.8 Å². The lowest BCUT2D eigenvalue weighted by molar-refractivity contribution is -0.140. The van der Waals surface area contributed by atoms with Gasteiger partial charge in [-0.2, -0.15) is 0 Å². The van der Waals surface area contributed by atoms with Gasteiger partial charge in [0.2, 0.25) is 11.8 Å². The molecular formula is C25H34N2O2S. The number of nitrogens with zero attached hydrogens (tertiary/aromatic N) is 1.